The van der Waals surface area contributed by atoms with Crippen LogP contribution in [0.2, 0.25) is 0 Å². The normalized spacial score (nSPS) is 17.9. The highest BCUT2D eigenvalue weighted by atomic mass is 16.4. The average Bonchev–Trinajstić information content (AvgIpc) is 2.67. The van der Waals surface area contributed by atoms with Gasteiger partial charge >= 0.3 is 5.97 Å². The summed E-state index contributed by atoms with van der Waals surface area (Å²) in [5.74, 6) is -0.958. The molecule has 0 bridgehead atoms. The highest BCUT2D eigenvalue weighted by Gasteiger charge is 2.47. The van der Waals surface area contributed by atoms with Crippen LogP contribution in [-0.2, 0) is 10.2 Å². The molecule has 1 aromatic carbocycles. The fourth-order valence-electron chi connectivity index (χ4n) is 2.43. The molecule has 1 heterocycles. The molecule has 1 fully saturated rings. The van der Waals surface area contributed by atoms with Crippen molar-refractivity contribution in [1.29, 1.82) is 0 Å². The molecule has 0 saturated heterocycles. The van der Waals surface area contributed by atoms with Crippen LogP contribution in [0.5, 0.6) is 5.75 Å². The number of fused-ring (bicyclic) bond motifs is 1. The molecule has 0 unspecified atom stereocenters. The molecular weight excluding hydrogens is 222 g/mol. The van der Waals surface area contributed by atoms with Gasteiger partial charge in [-0.1, -0.05) is 12.5 Å². The number of aliphatic carboxylic acids is 1. The lowest BCUT2D eigenvalue weighted by molar-refractivity contribution is -0.147. The van der Waals surface area contributed by atoms with E-state index in [0.29, 0.717) is 29.5 Å². The molecule has 0 amide bonds. The van der Waals surface area contributed by atoms with Crippen LogP contribution in [0.25, 0.3) is 11.1 Å². The van der Waals surface area contributed by atoms with Gasteiger partial charge in [0.1, 0.15) is 5.75 Å². The number of oxazole rings is 1. The van der Waals surface area contributed by atoms with Crippen molar-refractivity contribution in [1.82, 2.24) is 4.98 Å². The average molecular weight is 233 g/mol. The molecule has 0 radical (unpaired) electrons. The molecule has 1 aliphatic carbocycles. The van der Waals surface area contributed by atoms with Crippen LogP contribution in [0.3, 0.4) is 0 Å². The summed E-state index contributed by atoms with van der Waals surface area (Å²) in [6.07, 6.45) is 3.21. The number of phenolic OH excluding ortho intramolecular Hbond substituents is 1. The quantitative estimate of drug-likeness (QED) is 0.829. The Labute approximate surface area is 96.7 Å². The van der Waals surface area contributed by atoms with Gasteiger partial charge < -0.3 is 14.6 Å². The Balaban J connectivity index is 2.23. The Morgan fingerprint density at radius 2 is 2.18 bits per heavy atom. The standard InChI is InChI=1S/C12H11NO4/c14-10-7(12(11(15)16)4-1-5-12)2-3-8-9(10)13-6-17-8/h2-3,6,14H,1,4-5H2,(H,15,16). The highest BCUT2D eigenvalue weighted by molar-refractivity contribution is 5.88. The fourth-order valence-corrected chi connectivity index (χ4v) is 2.43. The van der Waals surface area contributed by atoms with E-state index >= 15 is 0 Å². The molecule has 1 saturated carbocycles. The number of aromatic nitrogens is 1. The molecule has 1 aromatic heterocycles. The van der Waals surface area contributed by atoms with Crippen molar-refractivity contribution in [3.05, 3.63) is 24.1 Å². The minimum atomic E-state index is -0.947. The predicted molar refractivity (Wildman–Crippen MR) is 58.8 cm³/mol. The molecule has 88 valence electrons. The maximum atomic E-state index is 11.4. The molecule has 0 atom stereocenters. The van der Waals surface area contributed by atoms with Gasteiger partial charge in [-0.15, -0.1) is 0 Å². The number of aromatic hydroxyl groups is 1. The van der Waals surface area contributed by atoms with Crippen LogP contribution in [0, 0.1) is 0 Å². The van der Waals surface area contributed by atoms with Gasteiger partial charge in [0, 0.05) is 5.56 Å². The van der Waals surface area contributed by atoms with Gasteiger partial charge in [0.2, 0.25) is 0 Å². The summed E-state index contributed by atoms with van der Waals surface area (Å²) in [5.41, 5.74) is 0.288. The number of carboxylic acids is 1. The van der Waals surface area contributed by atoms with Crippen LogP contribution in [-0.4, -0.2) is 21.2 Å². The zero-order valence-electron chi connectivity index (χ0n) is 9.01. The van der Waals surface area contributed by atoms with Gasteiger partial charge in [-0.2, -0.15) is 0 Å². The van der Waals surface area contributed by atoms with Crippen molar-refractivity contribution in [3.63, 3.8) is 0 Å². The second-order valence-corrected chi connectivity index (χ2v) is 4.40. The van der Waals surface area contributed by atoms with Crippen molar-refractivity contribution in [3.8, 4) is 5.75 Å². The number of carboxylic acid groups (broad SMARTS) is 1. The number of phenols is 1. The smallest absolute Gasteiger partial charge is 0.314 e. The van der Waals surface area contributed by atoms with Crippen LogP contribution < -0.4 is 0 Å². The molecule has 1 aliphatic rings. The van der Waals surface area contributed by atoms with Gasteiger partial charge in [-0.3, -0.25) is 4.79 Å². The van der Waals surface area contributed by atoms with E-state index in [9.17, 15) is 15.0 Å². The molecule has 2 aromatic rings. The van der Waals surface area contributed by atoms with Crippen molar-refractivity contribution in [2.45, 2.75) is 24.7 Å². The van der Waals surface area contributed by atoms with Crippen LogP contribution in [0.1, 0.15) is 24.8 Å². The van der Waals surface area contributed by atoms with Crippen molar-refractivity contribution < 1.29 is 19.4 Å². The fraction of sp³-hybridized carbons (Fsp3) is 0.333. The van der Waals surface area contributed by atoms with Gasteiger partial charge in [-0.25, -0.2) is 4.98 Å². The Bertz CT molecular complexity index is 598. The largest absolute Gasteiger partial charge is 0.505 e. The monoisotopic (exact) mass is 233 g/mol. The summed E-state index contributed by atoms with van der Waals surface area (Å²) in [7, 11) is 0. The van der Waals surface area contributed by atoms with Gasteiger partial charge in [0.25, 0.3) is 0 Å². The Morgan fingerprint density at radius 3 is 2.76 bits per heavy atom. The van der Waals surface area contributed by atoms with Gasteiger partial charge in [0.15, 0.2) is 17.5 Å². The number of nitrogens with zero attached hydrogens (tertiary/aromatic N) is 1. The molecule has 0 spiro atoms. The third-order valence-corrected chi connectivity index (χ3v) is 3.61. The Kier molecular flexibility index (Phi) is 1.92. The molecule has 5 nitrogen and oxygen atoms in total. The Morgan fingerprint density at radius 1 is 1.41 bits per heavy atom. The second-order valence-electron chi connectivity index (χ2n) is 4.40. The minimum absolute atomic E-state index is 0.0710. The number of benzene rings is 1. The summed E-state index contributed by atoms with van der Waals surface area (Å²) in [6, 6.07) is 3.27. The zero-order valence-corrected chi connectivity index (χ0v) is 9.01. The van der Waals surface area contributed by atoms with Gasteiger partial charge in [0.05, 0.1) is 5.41 Å². The van der Waals surface area contributed by atoms with Crippen molar-refractivity contribution >= 4 is 17.1 Å². The lowest BCUT2D eigenvalue weighted by atomic mass is 9.64. The lowest BCUT2D eigenvalue weighted by Gasteiger charge is -2.38. The number of hydrogen-bond acceptors (Lipinski definition) is 4. The summed E-state index contributed by atoms with van der Waals surface area (Å²) in [5, 5.41) is 19.4. The maximum Gasteiger partial charge on any atom is 0.314 e. The van der Waals surface area contributed by atoms with Crippen LogP contribution in [0.4, 0.5) is 0 Å². The molecule has 3 rings (SSSR count). The summed E-state index contributed by atoms with van der Waals surface area (Å²) < 4.78 is 5.06. The first-order valence-electron chi connectivity index (χ1n) is 5.44. The predicted octanol–water partition coefficient (Wildman–Crippen LogP) is 2.04. The lowest BCUT2D eigenvalue weighted by Crippen LogP contribution is -2.42. The van der Waals surface area contributed by atoms with Crippen molar-refractivity contribution in [2.75, 3.05) is 0 Å². The molecular formula is C12H11NO4. The third kappa shape index (κ3) is 1.19. The van der Waals surface area contributed by atoms with Crippen molar-refractivity contribution in [2.24, 2.45) is 0 Å². The Hall–Kier alpha value is -2.04. The van der Waals surface area contributed by atoms with E-state index in [1.807, 2.05) is 0 Å². The van der Waals surface area contributed by atoms with Crippen LogP contribution in [0.15, 0.2) is 22.9 Å². The number of carbonyl (C=O) groups is 1. The first-order chi connectivity index (χ1) is 8.15. The van der Waals surface area contributed by atoms with E-state index in [1.54, 1.807) is 12.1 Å². The summed E-state index contributed by atoms with van der Waals surface area (Å²) in [4.78, 5) is 15.3. The topological polar surface area (TPSA) is 83.6 Å². The molecule has 17 heavy (non-hydrogen) atoms. The molecule has 5 heteroatoms. The third-order valence-electron chi connectivity index (χ3n) is 3.61. The maximum absolute atomic E-state index is 11.4. The van der Waals surface area contributed by atoms with E-state index in [2.05, 4.69) is 4.98 Å². The van der Waals surface area contributed by atoms with Gasteiger partial charge in [-0.05, 0) is 18.9 Å². The minimum Gasteiger partial charge on any atom is -0.505 e. The second kappa shape index (κ2) is 3.23. The number of rotatable bonds is 2. The van der Waals surface area contributed by atoms with E-state index in [1.165, 1.54) is 6.39 Å². The van der Waals surface area contributed by atoms with E-state index < -0.39 is 11.4 Å². The highest BCUT2D eigenvalue weighted by Crippen LogP contribution is 2.48. The van der Waals surface area contributed by atoms with E-state index in [-0.39, 0.29) is 5.75 Å². The molecule has 0 aliphatic heterocycles. The first kappa shape index (κ1) is 10.1. The van der Waals surface area contributed by atoms with E-state index in [4.69, 9.17) is 4.42 Å². The summed E-state index contributed by atoms with van der Waals surface area (Å²) in [6.45, 7) is 0. The molecule has 2 N–H and O–H groups in total. The van der Waals surface area contributed by atoms with E-state index in [0.717, 1.165) is 6.42 Å². The number of hydrogen-bond donors (Lipinski definition) is 2. The zero-order chi connectivity index (χ0) is 12.0. The van der Waals surface area contributed by atoms with Crippen LogP contribution >= 0.6 is 0 Å². The SMILES string of the molecule is O=C(O)C1(c2ccc3ocnc3c2O)CCC1. The first-order valence-corrected chi connectivity index (χ1v) is 5.44. The summed E-state index contributed by atoms with van der Waals surface area (Å²) >= 11 is 0.